The second-order valence-electron chi connectivity index (χ2n) is 22.5. The van der Waals surface area contributed by atoms with Crippen LogP contribution in [0.3, 0.4) is 0 Å². The highest BCUT2D eigenvalue weighted by atomic mass is 16.3. The van der Waals surface area contributed by atoms with E-state index in [-0.39, 0.29) is 12.5 Å². The largest absolute Gasteiger partial charge is 0.394 e. The zero-order valence-electron chi connectivity index (χ0n) is 48.5. The molecule has 0 aliphatic rings. The lowest BCUT2D eigenvalue weighted by atomic mass is 10.0. The second kappa shape index (κ2) is 62.9. The molecule has 3 N–H and O–H groups in total. The van der Waals surface area contributed by atoms with Gasteiger partial charge in [0.1, 0.15) is 0 Å². The van der Waals surface area contributed by atoms with Crippen molar-refractivity contribution in [1.29, 1.82) is 0 Å². The van der Waals surface area contributed by atoms with Crippen LogP contribution in [0, 0.1) is 0 Å². The molecule has 0 bridgehead atoms. The molecule has 0 aromatic rings. The molecule has 0 saturated carbocycles. The predicted octanol–water partition coefficient (Wildman–Crippen LogP) is 22.0. The van der Waals surface area contributed by atoms with E-state index in [1.807, 2.05) is 6.08 Å². The van der Waals surface area contributed by atoms with Gasteiger partial charge in [-0.2, -0.15) is 0 Å². The number of aliphatic hydroxyl groups excluding tert-OH is 2. The molecule has 0 spiro atoms. The molecule has 0 aromatic heterocycles. The van der Waals surface area contributed by atoms with Crippen molar-refractivity contribution in [2.45, 2.75) is 379 Å². The zero-order chi connectivity index (χ0) is 51.3. The first-order chi connectivity index (χ1) is 35.2. The summed E-state index contributed by atoms with van der Waals surface area (Å²) in [6.07, 6.45) is 86.5. The summed E-state index contributed by atoms with van der Waals surface area (Å²) in [6, 6.07) is -0.645. The van der Waals surface area contributed by atoms with E-state index >= 15 is 0 Å². The van der Waals surface area contributed by atoms with Crippen LogP contribution in [0.2, 0.25) is 0 Å². The van der Waals surface area contributed by atoms with Crippen molar-refractivity contribution in [2.75, 3.05) is 6.61 Å². The second-order valence-corrected chi connectivity index (χ2v) is 22.5. The van der Waals surface area contributed by atoms with Crippen LogP contribution in [-0.4, -0.2) is 34.9 Å². The topological polar surface area (TPSA) is 69.6 Å². The SMILES string of the molecule is CCCCCCCCCCCCCCCCCCCCCCCCC/C=C/CC/C=C/CC/C=C/C(O)C(CO)NC(=O)CCCCCCCCCCCCCCCCCCCCCCCCCCCC. The molecule has 0 aromatic carbocycles. The van der Waals surface area contributed by atoms with Gasteiger partial charge in [0, 0.05) is 6.42 Å². The minimum Gasteiger partial charge on any atom is -0.394 e. The van der Waals surface area contributed by atoms with Gasteiger partial charge in [-0.15, -0.1) is 0 Å². The van der Waals surface area contributed by atoms with Gasteiger partial charge in [0.05, 0.1) is 18.8 Å². The Morgan fingerprint density at radius 1 is 0.324 bits per heavy atom. The molecule has 2 unspecified atom stereocenters. The third kappa shape index (κ3) is 59.4. The van der Waals surface area contributed by atoms with Crippen molar-refractivity contribution in [2.24, 2.45) is 0 Å². The number of rotatable bonds is 61. The Kier molecular flexibility index (Phi) is 61.7. The minimum atomic E-state index is -0.870. The molecule has 0 heterocycles. The van der Waals surface area contributed by atoms with Crippen LogP contribution in [0.25, 0.3) is 0 Å². The lowest BCUT2D eigenvalue weighted by Crippen LogP contribution is -2.45. The van der Waals surface area contributed by atoms with Gasteiger partial charge in [0.15, 0.2) is 0 Å². The van der Waals surface area contributed by atoms with Crippen molar-refractivity contribution in [3.63, 3.8) is 0 Å². The summed E-state index contributed by atoms with van der Waals surface area (Å²) in [7, 11) is 0. The van der Waals surface area contributed by atoms with Gasteiger partial charge in [-0.3, -0.25) is 4.79 Å². The molecule has 0 saturated heterocycles. The summed E-state index contributed by atoms with van der Waals surface area (Å²) in [5.74, 6) is -0.0704. The van der Waals surface area contributed by atoms with Crippen LogP contribution >= 0.6 is 0 Å². The Hall–Kier alpha value is -1.39. The molecule has 0 aliphatic carbocycles. The summed E-state index contributed by atoms with van der Waals surface area (Å²) in [5, 5.41) is 23.2. The minimum absolute atomic E-state index is 0.0704. The lowest BCUT2D eigenvalue weighted by Gasteiger charge is -2.19. The highest BCUT2D eigenvalue weighted by Crippen LogP contribution is 2.19. The number of allylic oxidation sites excluding steroid dienone is 5. The molecular weight excluding hydrogens is 867 g/mol. The normalized spacial score (nSPS) is 12.9. The Balaban J connectivity index is 3.48. The number of hydrogen-bond donors (Lipinski definition) is 3. The van der Waals surface area contributed by atoms with Crippen LogP contribution in [0.5, 0.6) is 0 Å². The monoisotopic (exact) mass is 996 g/mol. The van der Waals surface area contributed by atoms with E-state index in [2.05, 4.69) is 43.5 Å². The van der Waals surface area contributed by atoms with Crippen molar-refractivity contribution in [1.82, 2.24) is 5.32 Å². The standard InChI is InChI=1S/C67H129NO3/c1-3-5-7-9-11-13-15-17-19-21-23-25-27-29-31-32-33-34-35-36-37-38-40-42-44-46-48-50-52-54-56-58-60-62-66(70)65(64-69)68-67(71)63-61-59-57-55-53-51-49-47-45-43-41-39-30-28-26-24-22-20-18-16-14-12-10-8-6-4-2/h44,46,52,54,60,62,65-66,69-70H,3-43,45,47-51,53,55-59,61,63-64H2,1-2H3,(H,68,71)/b46-44+,54-52+,62-60+. The van der Waals surface area contributed by atoms with E-state index in [1.165, 1.54) is 308 Å². The zero-order valence-corrected chi connectivity index (χ0v) is 48.5. The summed E-state index contributed by atoms with van der Waals surface area (Å²) in [4.78, 5) is 12.5. The number of carbonyl (C=O) groups is 1. The van der Waals surface area contributed by atoms with Crippen LogP contribution in [0.1, 0.15) is 367 Å². The molecule has 420 valence electrons. The van der Waals surface area contributed by atoms with E-state index in [4.69, 9.17) is 0 Å². The molecular formula is C67H129NO3. The van der Waals surface area contributed by atoms with Crippen LogP contribution in [-0.2, 0) is 4.79 Å². The van der Waals surface area contributed by atoms with Gasteiger partial charge < -0.3 is 15.5 Å². The Morgan fingerprint density at radius 3 is 0.817 bits per heavy atom. The molecule has 0 rings (SSSR count). The molecule has 1 amide bonds. The molecule has 4 nitrogen and oxygen atoms in total. The van der Waals surface area contributed by atoms with Crippen molar-refractivity contribution in [3.8, 4) is 0 Å². The van der Waals surface area contributed by atoms with Gasteiger partial charge in [-0.25, -0.2) is 0 Å². The van der Waals surface area contributed by atoms with E-state index in [0.29, 0.717) is 6.42 Å². The Labute approximate surface area is 446 Å². The van der Waals surface area contributed by atoms with Crippen molar-refractivity contribution < 1.29 is 15.0 Å². The molecule has 0 fully saturated rings. The first-order valence-corrected chi connectivity index (χ1v) is 32.7. The maximum Gasteiger partial charge on any atom is 0.220 e. The van der Waals surface area contributed by atoms with Gasteiger partial charge >= 0.3 is 0 Å². The smallest absolute Gasteiger partial charge is 0.220 e. The number of aliphatic hydroxyl groups is 2. The maximum atomic E-state index is 12.5. The highest BCUT2D eigenvalue weighted by molar-refractivity contribution is 5.76. The molecule has 0 radical (unpaired) electrons. The fraction of sp³-hybridized carbons (Fsp3) is 0.896. The highest BCUT2D eigenvalue weighted by Gasteiger charge is 2.18. The first-order valence-electron chi connectivity index (χ1n) is 32.7. The quantitative estimate of drug-likeness (QED) is 0.0420. The summed E-state index contributed by atoms with van der Waals surface area (Å²) in [6.45, 7) is 4.34. The molecule has 2 atom stereocenters. The Bertz CT molecular complexity index is 1080. The van der Waals surface area contributed by atoms with Gasteiger partial charge in [0.2, 0.25) is 5.91 Å². The van der Waals surface area contributed by atoms with Crippen LogP contribution in [0.15, 0.2) is 36.5 Å². The number of amides is 1. The first kappa shape index (κ1) is 69.6. The molecule has 4 heteroatoms. The van der Waals surface area contributed by atoms with Crippen LogP contribution in [0.4, 0.5) is 0 Å². The predicted molar refractivity (Wildman–Crippen MR) is 318 cm³/mol. The third-order valence-corrected chi connectivity index (χ3v) is 15.4. The molecule has 71 heavy (non-hydrogen) atoms. The van der Waals surface area contributed by atoms with Gasteiger partial charge in [-0.05, 0) is 44.9 Å². The maximum absolute atomic E-state index is 12.5. The van der Waals surface area contributed by atoms with Gasteiger partial charge in [0.25, 0.3) is 0 Å². The van der Waals surface area contributed by atoms with E-state index in [0.717, 1.165) is 38.5 Å². The summed E-state index contributed by atoms with van der Waals surface area (Å²) < 4.78 is 0. The van der Waals surface area contributed by atoms with Crippen LogP contribution < -0.4 is 5.32 Å². The fourth-order valence-electron chi connectivity index (χ4n) is 10.4. The molecule has 0 aliphatic heterocycles. The fourth-order valence-corrected chi connectivity index (χ4v) is 10.4. The van der Waals surface area contributed by atoms with E-state index in [1.54, 1.807) is 6.08 Å². The average Bonchev–Trinajstić information content (AvgIpc) is 3.37. The van der Waals surface area contributed by atoms with E-state index in [9.17, 15) is 15.0 Å². The number of unbranched alkanes of at least 4 members (excludes halogenated alkanes) is 50. The number of hydrogen-bond acceptors (Lipinski definition) is 3. The van der Waals surface area contributed by atoms with Gasteiger partial charge in [-0.1, -0.05) is 352 Å². The summed E-state index contributed by atoms with van der Waals surface area (Å²) >= 11 is 0. The number of carbonyl (C=O) groups excluding carboxylic acids is 1. The van der Waals surface area contributed by atoms with E-state index < -0.39 is 12.1 Å². The summed E-state index contributed by atoms with van der Waals surface area (Å²) in [5.41, 5.74) is 0. The Morgan fingerprint density at radius 2 is 0.549 bits per heavy atom. The number of nitrogens with one attached hydrogen (secondary N) is 1. The van der Waals surface area contributed by atoms with Crippen molar-refractivity contribution >= 4 is 5.91 Å². The third-order valence-electron chi connectivity index (χ3n) is 15.4. The average molecular weight is 997 g/mol. The van der Waals surface area contributed by atoms with Crippen molar-refractivity contribution in [3.05, 3.63) is 36.5 Å². The lowest BCUT2D eigenvalue weighted by molar-refractivity contribution is -0.123.